The third-order valence-corrected chi connectivity index (χ3v) is 5.15. The summed E-state index contributed by atoms with van der Waals surface area (Å²) >= 11 is 2.93. The number of nitrogens with two attached hydrogens (primary N) is 1. The number of benzene rings is 1. The molecule has 0 aliphatic heterocycles. The normalized spacial score (nSPS) is 12.4. The summed E-state index contributed by atoms with van der Waals surface area (Å²) in [4.78, 5) is -0.499. The van der Waals surface area contributed by atoms with E-state index in [0.29, 0.717) is 0 Å². The number of aliphatic hydroxyl groups excluding tert-OH is 1. The number of aliphatic hydroxyl groups is 1. The molecule has 0 heterocycles. The molecule has 0 aromatic heterocycles. The van der Waals surface area contributed by atoms with Gasteiger partial charge in [-0.2, -0.15) is 4.31 Å². The highest BCUT2D eigenvalue weighted by molar-refractivity contribution is 9.10. The molecule has 0 spiro atoms. The van der Waals surface area contributed by atoms with Crippen LogP contribution >= 0.6 is 15.9 Å². The van der Waals surface area contributed by atoms with Crippen molar-refractivity contribution in [2.45, 2.75) is 24.8 Å². The first kappa shape index (κ1) is 16.4. The summed E-state index contributed by atoms with van der Waals surface area (Å²) in [6, 6.07) is 1.96. The van der Waals surface area contributed by atoms with Gasteiger partial charge in [0.2, 0.25) is 10.0 Å². The number of rotatable bonds is 5. The van der Waals surface area contributed by atoms with Gasteiger partial charge in [-0.25, -0.2) is 12.8 Å². The van der Waals surface area contributed by atoms with E-state index in [1.165, 1.54) is 6.07 Å². The third kappa shape index (κ3) is 3.44. The van der Waals surface area contributed by atoms with Crippen LogP contribution in [0, 0.1) is 5.82 Å². The van der Waals surface area contributed by atoms with Gasteiger partial charge in [-0.05, 0) is 41.9 Å². The maximum Gasteiger partial charge on any atom is 0.246 e. The summed E-state index contributed by atoms with van der Waals surface area (Å²) < 4.78 is 39.8. The van der Waals surface area contributed by atoms with Gasteiger partial charge in [0.15, 0.2) is 5.82 Å². The zero-order chi connectivity index (χ0) is 14.8. The molecule has 3 N–H and O–H groups in total. The molecule has 5 nitrogen and oxygen atoms in total. The fourth-order valence-corrected chi connectivity index (χ4v) is 4.01. The lowest BCUT2D eigenvalue weighted by molar-refractivity contribution is 0.236. The van der Waals surface area contributed by atoms with Crippen LogP contribution in [0.2, 0.25) is 0 Å². The number of halogens is 2. The zero-order valence-corrected chi connectivity index (χ0v) is 13.0. The SMILES string of the molecule is CC(C)N(CCO)S(=O)(=O)c1cc(N)cc(Br)c1F. The van der Waals surface area contributed by atoms with Gasteiger partial charge >= 0.3 is 0 Å². The maximum absolute atomic E-state index is 14.0. The van der Waals surface area contributed by atoms with Crippen LogP contribution in [-0.4, -0.2) is 37.0 Å². The predicted octanol–water partition coefficient (Wildman–Crippen LogP) is 1.56. The van der Waals surface area contributed by atoms with Gasteiger partial charge in [-0.1, -0.05) is 0 Å². The molecule has 8 heteroatoms. The molecule has 0 aliphatic rings. The second-order valence-electron chi connectivity index (χ2n) is 4.25. The lowest BCUT2D eigenvalue weighted by atomic mass is 10.3. The molecule has 108 valence electrons. The Balaban J connectivity index is 3.41. The molecule has 19 heavy (non-hydrogen) atoms. The molecule has 0 amide bonds. The van der Waals surface area contributed by atoms with E-state index in [1.807, 2.05) is 0 Å². The summed E-state index contributed by atoms with van der Waals surface area (Å²) in [5, 5.41) is 8.94. The number of nitrogens with zero attached hydrogens (tertiary/aromatic N) is 1. The van der Waals surface area contributed by atoms with Crippen molar-refractivity contribution in [3.05, 3.63) is 22.4 Å². The summed E-state index contributed by atoms with van der Waals surface area (Å²) in [5.41, 5.74) is 5.68. The minimum Gasteiger partial charge on any atom is -0.399 e. The fourth-order valence-electron chi connectivity index (χ4n) is 1.65. The summed E-state index contributed by atoms with van der Waals surface area (Å²) in [5.74, 6) is -0.891. The van der Waals surface area contributed by atoms with Gasteiger partial charge in [0, 0.05) is 18.3 Å². The monoisotopic (exact) mass is 354 g/mol. The van der Waals surface area contributed by atoms with Crippen LogP contribution in [0.3, 0.4) is 0 Å². The molecule has 0 atom stereocenters. The average molecular weight is 355 g/mol. The van der Waals surface area contributed by atoms with Gasteiger partial charge < -0.3 is 10.8 Å². The Morgan fingerprint density at radius 1 is 1.47 bits per heavy atom. The maximum atomic E-state index is 14.0. The Morgan fingerprint density at radius 2 is 2.05 bits per heavy atom. The first-order valence-electron chi connectivity index (χ1n) is 5.59. The molecule has 0 bridgehead atoms. The first-order valence-corrected chi connectivity index (χ1v) is 7.82. The molecule has 1 rings (SSSR count). The zero-order valence-electron chi connectivity index (χ0n) is 10.6. The average Bonchev–Trinajstić information content (AvgIpc) is 2.29. The van der Waals surface area contributed by atoms with E-state index in [2.05, 4.69) is 15.9 Å². The lowest BCUT2D eigenvalue weighted by Gasteiger charge is -2.25. The molecule has 0 unspecified atom stereocenters. The van der Waals surface area contributed by atoms with Gasteiger partial charge in [-0.15, -0.1) is 0 Å². The van der Waals surface area contributed by atoms with Crippen LogP contribution in [0.4, 0.5) is 10.1 Å². The van der Waals surface area contributed by atoms with Crippen LogP contribution in [-0.2, 0) is 10.0 Å². The molecule has 0 radical (unpaired) electrons. The first-order chi connectivity index (χ1) is 8.71. The van der Waals surface area contributed by atoms with E-state index in [4.69, 9.17) is 10.8 Å². The molecular weight excluding hydrogens is 339 g/mol. The highest BCUT2D eigenvalue weighted by Crippen LogP contribution is 2.28. The van der Waals surface area contributed by atoms with Gasteiger partial charge in [0.1, 0.15) is 4.90 Å². The quantitative estimate of drug-likeness (QED) is 0.786. The van der Waals surface area contributed by atoms with Gasteiger partial charge in [-0.3, -0.25) is 0 Å². The number of nitrogen functional groups attached to an aromatic ring is 1. The molecule has 0 aliphatic carbocycles. The van der Waals surface area contributed by atoms with Crippen molar-refractivity contribution in [1.29, 1.82) is 0 Å². The van der Waals surface area contributed by atoms with E-state index < -0.39 is 26.8 Å². The molecule has 1 aromatic carbocycles. The van der Waals surface area contributed by atoms with Gasteiger partial charge in [0.25, 0.3) is 0 Å². The minimum absolute atomic E-state index is 0.0150. The van der Waals surface area contributed by atoms with Crippen molar-refractivity contribution in [1.82, 2.24) is 4.31 Å². The van der Waals surface area contributed by atoms with Crippen LogP contribution in [0.5, 0.6) is 0 Å². The molecule has 0 saturated carbocycles. The minimum atomic E-state index is -4.05. The molecule has 1 aromatic rings. The second kappa shape index (κ2) is 6.17. The van der Waals surface area contributed by atoms with Crippen molar-refractivity contribution >= 4 is 31.6 Å². The number of anilines is 1. The number of hydrogen-bond donors (Lipinski definition) is 2. The van der Waals surface area contributed by atoms with Crippen molar-refractivity contribution in [2.24, 2.45) is 0 Å². The van der Waals surface area contributed by atoms with E-state index in [0.717, 1.165) is 10.4 Å². The predicted molar refractivity (Wildman–Crippen MR) is 74.6 cm³/mol. The lowest BCUT2D eigenvalue weighted by Crippen LogP contribution is -2.39. The highest BCUT2D eigenvalue weighted by Gasteiger charge is 2.30. The highest BCUT2D eigenvalue weighted by atomic mass is 79.9. The van der Waals surface area contributed by atoms with Crippen molar-refractivity contribution in [3.63, 3.8) is 0 Å². The molecular formula is C11H16BrFN2O3S. The number of sulfonamides is 1. The topological polar surface area (TPSA) is 83.6 Å². The third-order valence-electron chi connectivity index (χ3n) is 2.50. The van der Waals surface area contributed by atoms with Crippen LogP contribution in [0.1, 0.15) is 13.8 Å². The fraction of sp³-hybridized carbons (Fsp3) is 0.455. The largest absolute Gasteiger partial charge is 0.399 e. The summed E-state index contributed by atoms with van der Waals surface area (Å²) in [7, 11) is -4.05. The van der Waals surface area contributed by atoms with Crippen molar-refractivity contribution in [2.75, 3.05) is 18.9 Å². The van der Waals surface area contributed by atoms with Crippen LogP contribution in [0.25, 0.3) is 0 Å². The molecule has 0 saturated heterocycles. The second-order valence-corrected chi connectivity index (χ2v) is 6.96. The van der Waals surface area contributed by atoms with Gasteiger partial charge in [0.05, 0.1) is 11.1 Å². The van der Waals surface area contributed by atoms with Crippen molar-refractivity contribution in [3.8, 4) is 0 Å². The van der Waals surface area contributed by atoms with E-state index in [-0.39, 0.29) is 23.3 Å². The molecule has 0 fully saturated rings. The van der Waals surface area contributed by atoms with Crippen molar-refractivity contribution < 1.29 is 17.9 Å². The Hall–Kier alpha value is -0.700. The van der Waals surface area contributed by atoms with E-state index in [9.17, 15) is 12.8 Å². The van der Waals surface area contributed by atoms with Crippen LogP contribution in [0.15, 0.2) is 21.5 Å². The Kier molecular flexibility index (Phi) is 5.31. The summed E-state index contributed by atoms with van der Waals surface area (Å²) in [6.45, 7) is 2.84. The van der Waals surface area contributed by atoms with E-state index in [1.54, 1.807) is 13.8 Å². The smallest absolute Gasteiger partial charge is 0.246 e. The van der Waals surface area contributed by atoms with Crippen LogP contribution < -0.4 is 5.73 Å². The van der Waals surface area contributed by atoms with E-state index >= 15 is 0 Å². The Bertz CT molecular complexity index is 563. The summed E-state index contributed by atoms with van der Waals surface area (Å²) in [6.07, 6.45) is 0. The Morgan fingerprint density at radius 3 is 2.53 bits per heavy atom. The Labute approximate surface area is 120 Å². The standard InChI is InChI=1S/C11H16BrFN2O3S/c1-7(2)15(3-4-16)19(17,18)10-6-8(14)5-9(12)11(10)13/h5-7,16H,3-4,14H2,1-2H3. The number of hydrogen-bond acceptors (Lipinski definition) is 4.